The van der Waals surface area contributed by atoms with E-state index in [4.69, 9.17) is 11.6 Å². The summed E-state index contributed by atoms with van der Waals surface area (Å²) < 4.78 is 25.0. The van der Waals surface area contributed by atoms with Crippen LogP contribution in [0.1, 0.15) is 35.7 Å². The van der Waals surface area contributed by atoms with E-state index >= 15 is 0 Å². The molecule has 1 amide bonds. The minimum atomic E-state index is -3.48. The van der Waals surface area contributed by atoms with Gasteiger partial charge >= 0.3 is 0 Å². The van der Waals surface area contributed by atoms with Crippen LogP contribution in [0.3, 0.4) is 0 Å². The zero-order valence-corrected chi connectivity index (χ0v) is 15.7. The van der Waals surface area contributed by atoms with Crippen LogP contribution in [0.15, 0.2) is 42.5 Å². The summed E-state index contributed by atoms with van der Waals surface area (Å²) >= 11 is 5.97. The van der Waals surface area contributed by atoms with Gasteiger partial charge in [0.05, 0.1) is 17.0 Å². The van der Waals surface area contributed by atoms with Gasteiger partial charge in [0.2, 0.25) is 10.0 Å². The van der Waals surface area contributed by atoms with E-state index in [-0.39, 0.29) is 16.6 Å². The van der Waals surface area contributed by atoms with Crippen molar-refractivity contribution in [2.75, 3.05) is 16.3 Å². The van der Waals surface area contributed by atoms with Crippen molar-refractivity contribution < 1.29 is 13.2 Å². The molecule has 0 bridgehead atoms. The van der Waals surface area contributed by atoms with Gasteiger partial charge in [-0.1, -0.05) is 37.1 Å². The first-order valence-corrected chi connectivity index (χ1v) is 10.2. The molecule has 0 spiro atoms. The molecule has 0 aromatic heterocycles. The topological polar surface area (TPSA) is 75.3 Å². The number of carbonyl (C=O) groups is 1. The van der Waals surface area contributed by atoms with Gasteiger partial charge in [-0.3, -0.25) is 9.52 Å². The number of anilines is 2. The molecular formula is C18H21ClN2O3S. The SMILES string of the molecule is CCCCc1ccc(NC(=O)c2ccc(Cl)c(NS(C)(=O)=O)c2)cc1. The number of aryl methyl sites for hydroxylation is 1. The summed E-state index contributed by atoms with van der Waals surface area (Å²) in [4.78, 5) is 12.4. The summed E-state index contributed by atoms with van der Waals surface area (Å²) in [5, 5.41) is 3.02. The minimum absolute atomic E-state index is 0.173. The van der Waals surface area contributed by atoms with Gasteiger partial charge in [-0.15, -0.1) is 0 Å². The number of halogens is 1. The highest BCUT2D eigenvalue weighted by Crippen LogP contribution is 2.24. The first-order valence-electron chi connectivity index (χ1n) is 7.96. The molecule has 0 unspecified atom stereocenters. The summed E-state index contributed by atoms with van der Waals surface area (Å²) in [6.07, 6.45) is 4.31. The third kappa shape index (κ3) is 6.07. The van der Waals surface area contributed by atoms with Crippen LogP contribution in [-0.4, -0.2) is 20.6 Å². The molecule has 7 heteroatoms. The Kier molecular flexibility index (Phi) is 6.45. The van der Waals surface area contributed by atoms with Gasteiger partial charge in [-0.2, -0.15) is 0 Å². The molecule has 25 heavy (non-hydrogen) atoms. The van der Waals surface area contributed by atoms with Gasteiger partial charge in [-0.25, -0.2) is 8.42 Å². The molecule has 0 aliphatic carbocycles. The molecule has 2 rings (SSSR count). The molecule has 0 saturated carbocycles. The van der Waals surface area contributed by atoms with Crippen molar-refractivity contribution in [3.8, 4) is 0 Å². The van der Waals surface area contributed by atoms with E-state index in [0.29, 0.717) is 11.3 Å². The monoisotopic (exact) mass is 380 g/mol. The number of rotatable bonds is 7. The number of carbonyl (C=O) groups excluding carboxylic acids is 1. The van der Waals surface area contributed by atoms with E-state index in [0.717, 1.165) is 25.5 Å². The van der Waals surface area contributed by atoms with Crippen LogP contribution in [0.4, 0.5) is 11.4 Å². The molecule has 0 atom stereocenters. The van der Waals surface area contributed by atoms with Crippen LogP contribution < -0.4 is 10.0 Å². The van der Waals surface area contributed by atoms with Crippen molar-refractivity contribution in [1.82, 2.24) is 0 Å². The zero-order valence-electron chi connectivity index (χ0n) is 14.2. The lowest BCUT2D eigenvalue weighted by Gasteiger charge is -2.10. The molecule has 0 aliphatic rings. The van der Waals surface area contributed by atoms with E-state index in [9.17, 15) is 13.2 Å². The smallest absolute Gasteiger partial charge is 0.255 e. The highest BCUT2D eigenvalue weighted by Gasteiger charge is 2.12. The number of amides is 1. The average molecular weight is 381 g/mol. The molecule has 0 saturated heterocycles. The maximum atomic E-state index is 12.4. The van der Waals surface area contributed by atoms with Crippen molar-refractivity contribution in [3.05, 3.63) is 58.6 Å². The van der Waals surface area contributed by atoms with Crippen molar-refractivity contribution >= 4 is 38.9 Å². The lowest BCUT2D eigenvalue weighted by molar-refractivity contribution is 0.102. The summed E-state index contributed by atoms with van der Waals surface area (Å²) in [6, 6.07) is 12.1. The summed E-state index contributed by atoms with van der Waals surface area (Å²) in [6.45, 7) is 2.15. The maximum absolute atomic E-state index is 12.4. The van der Waals surface area contributed by atoms with Crippen LogP contribution in [0.5, 0.6) is 0 Å². The van der Waals surface area contributed by atoms with Crippen LogP contribution in [0.25, 0.3) is 0 Å². The van der Waals surface area contributed by atoms with E-state index in [2.05, 4.69) is 17.0 Å². The number of nitrogens with one attached hydrogen (secondary N) is 2. The fraction of sp³-hybridized carbons (Fsp3) is 0.278. The highest BCUT2D eigenvalue weighted by atomic mass is 35.5. The minimum Gasteiger partial charge on any atom is -0.322 e. The number of hydrogen-bond donors (Lipinski definition) is 2. The largest absolute Gasteiger partial charge is 0.322 e. The molecule has 2 N–H and O–H groups in total. The first-order chi connectivity index (χ1) is 11.8. The number of sulfonamides is 1. The van der Waals surface area contributed by atoms with Crippen molar-refractivity contribution in [1.29, 1.82) is 0 Å². The molecule has 2 aromatic carbocycles. The lowest BCUT2D eigenvalue weighted by atomic mass is 10.1. The second-order valence-corrected chi connectivity index (χ2v) is 7.98. The zero-order chi connectivity index (χ0) is 18.4. The van der Waals surface area contributed by atoms with E-state index in [1.165, 1.54) is 17.7 Å². The van der Waals surface area contributed by atoms with E-state index < -0.39 is 10.0 Å². The van der Waals surface area contributed by atoms with Crippen LogP contribution in [-0.2, 0) is 16.4 Å². The van der Waals surface area contributed by atoms with Gasteiger partial charge in [0.25, 0.3) is 5.91 Å². The Morgan fingerprint density at radius 3 is 2.40 bits per heavy atom. The predicted octanol–water partition coefficient (Wildman–Crippen LogP) is 4.31. The number of unbranched alkanes of at least 4 members (excludes halogenated alkanes) is 1. The average Bonchev–Trinajstić information content (AvgIpc) is 2.55. The maximum Gasteiger partial charge on any atom is 0.255 e. The Labute approximate surface area is 153 Å². The Morgan fingerprint density at radius 1 is 1.12 bits per heavy atom. The second-order valence-electron chi connectivity index (χ2n) is 5.82. The summed E-state index contributed by atoms with van der Waals surface area (Å²) in [5.74, 6) is -0.338. The highest BCUT2D eigenvalue weighted by molar-refractivity contribution is 7.92. The van der Waals surface area contributed by atoms with Crippen molar-refractivity contribution in [3.63, 3.8) is 0 Å². The third-order valence-corrected chi connectivity index (χ3v) is 4.48. The first kappa shape index (κ1) is 19.3. The fourth-order valence-electron chi connectivity index (χ4n) is 2.28. The number of benzene rings is 2. The van der Waals surface area contributed by atoms with Gasteiger partial charge in [0, 0.05) is 11.3 Å². The molecular weight excluding hydrogens is 360 g/mol. The summed E-state index contributed by atoms with van der Waals surface area (Å²) in [5.41, 5.74) is 2.39. The normalized spacial score (nSPS) is 11.2. The van der Waals surface area contributed by atoms with Crippen molar-refractivity contribution in [2.24, 2.45) is 0 Å². The van der Waals surface area contributed by atoms with Crippen LogP contribution >= 0.6 is 11.6 Å². The standard InChI is InChI=1S/C18H21ClN2O3S/c1-3-4-5-13-6-9-15(10-7-13)20-18(22)14-8-11-16(19)17(12-14)21-25(2,23)24/h6-12,21H,3-5H2,1-2H3,(H,20,22). The van der Waals surface area contributed by atoms with E-state index in [1.54, 1.807) is 6.07 Å². The molecule has 5 nitrogen and oxygen atoms in total. The molecule has 2 aromatic rings. The Hall–Kier alpha value is -2.05. The molecule has 134 valence electrons. The third-order valence-electron chi connectivity index (χ3n) is 3.55. The van der Waals surface area contributed by atoms with Crippen LogP contribution in [0.2, 0.25) is 5.02 Å². The Bertz CT molecular complexity index is 849. The second kappa shape index (κ2) is 8.36. The van der Waals surface area contributed by atoms with Crippen molar-refractivity contribution in [2.45, 2.75) is 26.2 Å². The molecule has 0 aliphatic heterocycles. The Morgan fingerprint density at radius 2 is 1.80 bits per heavy atom. The molecule has 0 fully saturated rings. The predicted molar refractivity (Wildman–Crippen MR) is 103 cm³/mol. The van der Waals surface area contributed by atoms with Crippen LogP contribution in [0, 0.1) is 0 Å². The Balaban J connectivity index is 2.11. The quantitative estimate of drug-likeness (QED) is 0.751. The molecule has 0 radical (unpaired) electrons. The van der Waals surface area contributed by atoms with E-state index in [1.807, 2.05) is 24.3 Å². The van der Waals surface area contributed by atoms with Gasteiger partial charge in [-0.05, 0) is 48.7 Å². The molecule has 0 heterocycles. The summed E-state index contributed by atoms with van der Waals surface area (Å²) in [7, 11) is -3.48. The van der Waals surface area contributed by atoms with Gasteiger partial charge < -0.3 is 5.32 Å². The van der Waals surface area contributed by atoms with Gasteiger partial charge in [0.15, 0.2) is 0 Å². The lowest BCUT2D eigenvalue weighted by Crippen LogP contribution is -2.14. The van der Waals surface area contributed by atoms with Gasteiger partial charge in [0.1, 0.15) is 0 Å². The fourth-order valence-corrected chi connectivity index (χ4v) is 3.07. The number of hydrogen-bond acceptors (Lipinski definition) is 3.